The highest BCUT2D eigenvalue weighted by Gasteiger charge is 2.20. The maximum Gasteiger partial charge on any atom is 0.341 e. The molecule has 0 amide bonds. The van der Waals surface area contributed by atoms with Gasteiger partial charge in [0.15, 0.2) is 12.1 Å². The summed E-state index contributed by atoms with van der Waals surface area (Å²) in [6.45, 7) is 7.17. The average Bonchev–Trinajstić information content (AvgIpc) is 3.23. The Hall–Kier alpha value is -4.21. The molecule has 35 heavy (non-hydrogen) atoms. The maximum atomic E-state index is 13.6. The number of oxazole rings is 1. The summed E-state index contributed by atoms with van der Waals surface area (Å²) in [5, 5.41) is 8.90. The second-order valence-electron chi connectivity index (χ2n) is 7.97. The van der Waals surface area contributed by atoms with Gasteiger partial charge in [-0.3, -0.25) is 0 Å². The van der Waals surface area contributed by atoms with Crippen molar-refractivity contribution in [1.82, 2.24) is 15.0 Å². The lowest BCUT2D eigenvalue weighted by atomic mass is 10.1. The molecule has 9 nitrogen and oxygen atoms in total. The zero-order valence-electron chi connectivity index (χ0n) is 19.7. The highest BCUT2D eigenvalue weighted by atomic mass is 19.1. The van der Waals surface area contributed by atoms with E-state index < -0.39 is 12.6 Å². The van der Waals surface area contributed by atoms with Crippen molar-refractivity contribution >= 4 is 17.2 Å². The van der Waals surface area contributed by atoms with Gasteiger partial charge in [-0.2, -0.15) is 9.97 Å². The molecule has 0 spiro atoms. The number of fused-ring (bicyclic) bond motifs is 1. The Bertz CT molecular complexity index is 1380. The number of nitrogens with zero attached hydrogens (tertiary/aromatic N) is 3. The van der Waals surface area contributed by atoms with Gasteiger partial charge < -0.3 is 23.7 Å². The van der Waals surface area contributed by atoms with Crippen LogP contribution in [-0.4, -0.2) is 39.2 Å². The molecule has 0 aliphatic heterocycles. The third-order valence-electron chi connectivity index (χ3n) is 5.03. The summed E-state index contributed by atoms with van der Waals surface area (Å²) < 4.78 is 36.4. The highest BCUT2D eigenvalue weighted by molar-refractivity contribution is 5.78. The van der Waals surface area contributed by atoms with Crippen LogP contribution < -0.4 is 14.2 Å². The van der Waals surface area contributed by atoms with Gasteiger partial charge in [0.2, 0.25) is 5.89 Å². The molecule has 2 aromatic heterocycles. The second kappa shape index (κ2) is 9.96. The Balaban J connectivity index is 1.72. The molecule has 2 aromatic carbocycles. The molecule has 0 aliphatic rings. The van der Waals surface area contributed by atoms with Crippen molar-refractivity contribution < 1.29 is 32.9 Å². The Morgan fingerprint density at radius 3 is 2.43 bits per heavy atom. The molecule has 2 heterocycles. The molecule has 4 rings (SSSR count). The van der Waals surface area contributed by atoms with Crippen LogP contribution >= 0.6 is 0 Å². The fourth-order valence-corrected chi connectivity index (χ4v) is 3.47. The molecule has 0 bridgehead atoms. The first-order chi connectivity index (χ1) is 16.7. The minimum Gasteiger partial charge on any atom is -0.481 e. The van der Waals surface area contributed by atoms with E-state index in [9.17, 15) is 9.18 Å². The maximum absolute atomic E-state index is 13.6. The van der Waals surface area contributed by atoms with E-state index in [0.29, 0.717) is 34.7 Å². The van der Waals surface area contributed by atoms with E-state index in [2.05, 4.69) is 15.0 Å². The number of hydrogen-bond donors (Lipinski definition) is 1. The molecule has 10 heteroatoms. The number of ether oxygens (including phenoxy) is 3. The number of rotatable bonds is 9. The van der Waals surface area contributed by atoms with Gasteiger partial charge in [-0.15, -0.1) is 0 Å². The van der Waals surface area contributed by atoms with Crippen molar-refractivity contribution in [3.8, 4) is 34.8 Å². The summed E-state index contributed by atoms with van der Waals surface area (Å²) in [7, 11) is 0. The molecule has 1 N–H and O–H groups in total. The second-order valence-corrected chi connectivity index (χ2v) is 7.97. The highest BCUT2D eigenvalue weighted by Crippen LogP contribution is 2.34. The molecule has 182 valence electrons. The number of carboxylic acids is 1. The van der Waals surface area contributed by atoms with Crippen LogP contribution in [0.5, 0.6) is 23.4 Å². The van der Waals surface area contributed by atoms with Crippen LogP contribution in [0.2, 0.25) is 0 Å². The zero-order chi connectivity index (χ0) is 25.1. The minimum atomic E-state index is -1.06. The van der Waals surface area contributed by atoms with E-state index in [1.165, 1.54) is 12.1 Å². The lowest BCUT2D eigenvalue weighted by Gasteiger charge is -2.11. The average molecular weight is 481 g/mol. The minimum absolute atomic E-state index is 0.0258. The Morgan fingerprint density at radius 1 is 1.03 bits per heavy atom. The smallest absolute Gasteiger partial charge is 0.341 e. The SMILES string of the molecule is CCCOc1nc(Oc2ccc(F)c(C)c2)nc2oc(-c3cc(C)c(OCC(=O)O)c(C)c3)nc12. The molecule has 0 radical (unpaired) electrons. The molecule has 0 unspecified atom stereocenters. The quantitative estimate of drug-likeness (QED) is 0.335. The van der Waals surface area contributed by atoms with Crippen LogP contribution in [0.15, 0.2) is 34.7 Å². The summed E-state index contributed by atoms with van der Waals surface area (Å²) in [5.74, 6) is -0.0572. The monoisotopic (exact) mass is 481 g/mol. The number of aryl methyl sites for hydroxylation is 3. The Morgan fingerprint density at radius 2 is 1.77 bits per heavy atom. The van der Waals surface area contributed by atoms with Crippen molar-refractivity contribution in [3.05, 3.63) is 52.8 Å². The molecule has 0 atom stereocenters. The summed E-state index contributed by atoms with van der Waals surface area (Å²) in [5.41, 5.74) is 3.03. The summed E-state index contributed by atoms with van der Waals surface area (Å²) in [6.07, 6.45) is 0.750. The first-order valence-electron chi connectivity index (χ1n) is 11.0. The molecular formula is C25H24FN3O6. The first kappa shape index (κ1) is 23.9. The predicted octanol–water partition coefficient (Wildman–Crippen LogP) is 5.39. The van der Waals surface area contributed by atoms with E-state index in [1.807, 2.05) is 20.8 Å². The third kappa shape index (κ3) is 5.32. The number of carboxylic acid groups (broad SMARTS) is 1. The number of aromatic nitrogens is 3. The molecule has 0 fully saturated rings. The van der Waals surface area contributed by atoms with Gasteiger partial charge in [-0.1, -0.05) is 6.92 Å². The van der Waals surface area contributed by atoms with Crippen LogP contribution in [0, 0.1) is 26.6 Å². The van der Waals surface area contributed by atoms with Gasteiger partial charge >= 0.3 is 12.0 Å². The van der Waals surface area contributed by atoms with Crippen molar-refractivity contribution in [2.24, 2.45) is 0 Å². The Labute approximate surface area is 200 Å². The lowest BCUT2D eigenvalue weighted by molar-refractivity contribution is -0.139. The van der Waals surface area contributed by atoms with Crippen molar-refractivity contribution in [3.63, 3.8) is 0 Å². The van der Waals surface area contributed by atoms with E-state index in [0.717, 1.165) is 17.5 Å². The normalized spacial score (nSPS) is 11.0. The van der Waals surface area contributed by atoms with Crippen LogP contribution in [0.4, 0.5) is 4.39 Å². The van der Waals surface area contributed by atoms with E-state index >= 15 is 0 Å². The van der Waals surface area contributed by atoms with Crippen LogP contribution in [0.1, 0.15) is 30.0 Å². The van der Waals surface area contributed by atoms with Crippen LogP contribution in [-0.2, 0) is 4.79 Å². The zero-order valence-corrected chi connectivity index (χ0v) is 19.7. The van der Waals surface area contributed by atoms with E-state index in [-0.39, 0.29) is 29.3 Å². The fourth-order valence-electron chi connectivity index (χ4n) is 3.47. The number of benzene rings is 2. The van der Waals surface area contributed by atoms with Crippen molar-refractivity contribution in [2.45, 2.75) is 34.1 Å². The number of aliphatic carboxylic acids is 1. The number of hydrogen-bond acceptors (Lipinski definition) is 8. The molecule has 0 aliphatic carbocycles. The number of halogens is 1. The standard InChI is InChI=1S/C25H24FN3O6/c1-5-8-32-23-20-24(29-25(28-23)34-17-6-7-18(26)13(2)11-17)35-22(27-20)16-9-14(3)21(15(4)10-16)33-12-19(30)31/h6-7,9-11H,5,8,12H2,1-4H3,(H,30,31). The van der Waals surface area contributed by atoms with Crippen molar-refractivity contribution in [2.75, 3.05) is 13.2 Å². The third-order valence-corrected chi connectivity index (χ3v) is 5.03. The van der Waals surface area contributed by atoms with Gasteiger partial charge in [-0.05, 0) is 74.2 Å². The van der Waals surface area contributed by atoms with Gasteiger partial charge in [0.05, 0.1) is 6.61 Å². The summed E-state index contributed by atoms with van der Waals surface area (Å²) >= 11 is 0. The first-order valence-corrected chi connectivity index (χ1v) is 11.0. The summed E-state index contributed by atoms with van der Waals surface area (Å²) in [6, 6.07) is 7.87. The van der Waals surface area contributed by atoms with Gasteiger partial charge in [0.25, 0.3) is 11.6 Å². The van der Waals surface area contributed by atoms with E-state index in [1.54, 1.807) is 25.1 Å². The molecule has 4 aromatic rings. The lowest BCUT2D eigenvalue weighted by Crippen LogP contribution is -2.10. The molecule has 0 saturated carbocycles. The van der Waals surface area contributed by atoms with Crippen molar-refractivity contribution in [1.29, 1.82) is 0 Å². The van der Waals surface area contributed by atoms with Crippen LogP contribution in [0.25, 0.3) is 22.7 Å². The van der Waals surface area contributed by atoms with Gasteiger partial charge in [0.1, 0.15) is 17.3 Å². The molecular weight excluding hydrogens is 457 g/mol. The number of carbonyl (C=O) groups is 1. The fraction of sp³-hybridized carbons (Fsp3) is 0.280. The molecule has 0 saturated heterocycles. The van der Waals surface area contributed by atoms with Gasteiger partial charge in [0, 0.05) is 5.56 Å². The van der Waals surface area contributed by atoms with Crippen LogP contribution in [0.3, 0.4) is 0 Å². The largest absolute Gasteiger partial charge is 0.481 e. The summed E-state index contributed by atoms with van der Waals surface area (Å²) in [4.78, 5) is 24.1. The topological polar surface area (TPSA) is 117 Å². The van der Waals surface area contributed by atoms with E-state index in [4.69, 9.17) is 23.7 Å². The predicted molar refractivity (Wildman–Crippen MR) is 125 cm³/mol. The van der Waals surface area contributed by atoms with Gasteiger partial charge in [-0.25, -0.2) is 14.2 Å². The Kier molecular flexibility index (Phi) is 6.81.